The van der Waals surface area contributed by atoms with Crippen molar-refractivity contribution in [2.75, 3.05) is 25.5 Å². The number of carbonyl (C=O) groups excluding carboxylic acids is 2. The highest BCUT2D eigenvalue weighted by molar-refractivity contribution is 6.33. The van der Waals surface area contributed by atoms with Crippen molar-refractivity contribution in [3.63, 3.8) is 0 Å². The molecule has 5 nitrogen and oxygen atoms in total. The molecule has 136 valence electrons. The van der Waals surface area contributed by atoms with E-state index in [0.717, 1.165) is 6.42 Å². The first-order chi connectivity index (χ1) is 12.6. The van der Waals surface area contributed by atoms with Gasteiger partial charge in [-0.05, 0) is 24.1 Å². The fourth-order valence-corrected chi connectivity index (χ4v) is 3.25. The highest BCUT2D eigenvalue weighted by Gasteiger charge is 2.34. The van der Waals surface area contributed by atoms with Crippen LogP contribution in [-0.2, 0) is 16.0 Å². The van der Waals surface area contributed by atoms with Crippen LogP contribution < -0.4 is 10.1 Å². The first-order valence-electron chi connectivity index (χ1n) is 8.53. The van der Waals surface area contributed by atoms with E-state index in [9.17, 15) is 9.59 Å². The van der Waals surface area contributed by atoms with Gasteiger partial charge in [0.25, 0.3) is 0 Å². The van der Waals surface area contributed by atoms with Gasteiger partial charge in [-0.15, -0.1) is 0 Å². The van der Waals surface area contributed by atoms with E-state index < -0.39 is 0 Å². The molecule has 1 fully saturated rings. The Morgan fingerprint density at radius 2 is 2.04 bits per heavy atom. The van der Waals surface area contributed by atoms with Crippen LogP contribution >= 0.6 is 11.6 Å². The quantitative estimate of drug-likeness (QED) is 0.845. The van der Waals surface area contributed by atoms with Crippen molar-refractivity contribution >= 4 is 29.1 Å². The predicted octanol–water partition coefficient (Wildman–Crippen LogP) is 3.38. The summed E-state index contributed by atoms with van der Waals surface area (Å²) >= 11 is 6.16. The maximum atomic E-state index is 12.5. The standard InChI is InChI=1S/C20H21ClN2O3/c1-26-16-7-8-18(17(21)12-16)22-20(25)15-11-19(24)23(13-15)10-9-14-5-3-2-4-6-14/h2-8,12,15H,9-11,13H2,1H3,(H,22,25). The van der Waals surface area contributed by atoms with Crippen LogP contribution in [0.5, 0.6) is 5.75 Å². The van der Waals surface area contributed by atoms with E-state index in [2.05, 4.69) is 5.32 Å². The molecule has 6 heteroatoms. The van der Waals surface area contributed by atoms with Gasteiger partial charge >= 0.3 is 0 Å². The minimum absolute atomic E-state index is 0.0157. The van der Waals surface area contributed by atoms with Gasteiger partial charge in [0, 0.05) is 25.6 Å². The van der Waals surface area contributed by atoms with Crippen LogP contribution in [0, 0.1) is 5.92 Å². The van der Waals surface area contributed by atoms with Crippen LogP contribution in [0.25, 0.3) is 0 Å². The molecular formula is C20H21ClN2O3. The summed E-state index contributed by atoms with van der Waals surface area (Å²) in [5.41, 5.74) is 1.70. The molecule has 1 unspecified atom stereocenters. The summed E-state index contributed by atoms with van der Waals surface area (Å²) in [6, 6.07) is 15.1. The molecule has 0 radical (unpaired) electrons. The number of nitrogens with zero attached hydrogens (tertiary/aromatic N) is 1. The van der Waals surface area contributed by atoms with Crippen molar-refractivity contribution in [1.29, 1.82) is 0 Å². The van der Waals surface area contributed by atoms with Crippen molar-refractivity contribution in [1.82, 2.24) is 4.90 Å². The van der Waals surface area contributed by atoms with Crippen molar-refractivity contribution in [2.24, 2.45) is 5.92 Å². The number of likely N-dealkylation sites (tertiary alicyclic amines) is 1. The van der Waals surface area contributed by atoms with E-state index in [1.807, 2.05) is 30.3 Å². The number of halogens is 1. The lowest BCUT2D eigenvalue weighted by Crippen LogP contribution is -2.30. The normalized spacial score (nSPS) is 16.6. The molecule has 2 aromatic rings. The lowest BCUT2D eigenvalue weighted by molar-refractivity contribution is -0.128. The Labute approximate surface area is 157 Å². The fraction of sp³-hybridized carbons (Fsp3) is 0.300. The zero-order valence-electron chi connectivity index (χ0n) is 14.6. The summed E-state index contributed by atoms with van der Waals surface area (Å²) in [6.07, 6.45) is 1.01. The number of benzene rings is 2. The van der Waals surface area contributed by atoms with Crippen LogP contribution in [0.1, 0.15) is 12.0 Å². The zero-order valence-corrected chi connectivity index (χ0v) is 15.3. The van der Waals surface area contributed by atoms with Gasteiger partial charge in [-0.1, -0.05) is 41.9 Å². The Morgan fingerprint density at radius 1 is 1.27 bits per heavy atom. The third-order valence-corrected chi connectivity index (χ3v) is 4.85. The van der Waals surface area contributed by atoms with Gasteiger partial charge in [-0.2, -0.15) is 0 Å². The maximum Gasteiger partial charge on any atom is 0.229 e. The summed E-state index contributed by atoms with van der Waals surface area (Å²) in [7, 11) is 1.55. The molecule has 3 rings (SSSR count). The molecule has 1 N–H and O–H groups in total. The third-order valence-electron chi connectivity index (χ3n) is 4.53. The fourth-order valence-electron chi connectivity index (χ4n) is 3.03. The van der Waals surface area contributed by atoms with Crippen LogP contribution in [0.15, 0.2) is 48.5 Å². The summed E-state index contributed by atoms with van der Waals surface area (Å²) in [4.78, 5) is 26.5. The van der Waals surface area contributed by atoms with E-state index in [1.165, 1.54) is 5.56 Å². The Morgan fingerprint density at radius 3 is 2.73 bits per heavy atom. The maximum absolute atomic E-state index is 12.5. The highest BCUT2D eigenvalue weighted by atomic mass is 35.5. The van der Waals surface area contributed by atoms with Crippen molar-refractivity contribution < 1.29 is 14.3 Å². The van der Waals surface area contributed by atoms with Crippen LogP contribution in [0.4, 0.5) is 5.69 Å². The summed E-state index contributed by atoms with van der Waals surface area (Å²) in [5.74, 6) is 0.0853. The number of ether oxygens (including phenoxy) is 1. The Kier molecular flexibility index (Phi) is 5.78. The second kappa shape index (κ2) is 8.23. The van der Waals surface area contributed by atoms with Crippen molar-refractivity contribution in [3.05, 3.63) is 59.1 Å². The van der Waals surface area contributed by atoms with E-state index in [4.69, 9.17) is 16.3 Å². The largest absolute Gasteiger partial charge is 0.497 e. The number of amides is 2. The van der Waals surface area contributed by atoms with Gasteiger partial charge in [-0.25, -0.2) is 0 Å². The number of carbonyl (C=O) groups is 2. The monoisotopic (exact) mass is 372 g/mol. The molecule has 1 heterocycles. The van der Waals surface area contributed by atoms with E-state index >= 15 is 0 Å². The number of methoxy groups -OCH3 is 1. The lowest BCUT2D eigenvalue weighted by atomic mass is 10.1. The molecule has 2 aromatic carbocycles. The van der Waals surface area contributed by atoms with Gasteiger partial charge in [0.2, 0.25) is 11.8 Å². The number of rotatable bonds is 6. The number of anilines is 1. The molecule has 1 aliphatic rings. The lowest BCUT2D eigenvalue weighted by Gasteiger charge is -2.17. The molecule has 26 heavy (non-hydrogen) atoms. The molecule has 0 aromatic heterocycles. The number of nitrogens with one attached hydrogen (secondary N) is 1. The summed E-state index contributed by atoms with van der Waals surface area (Å²) in [5, 5.41) is 3.22. The molecule has 1 atom stereocenters. The first kappa shape index (κ1) is 18.3. The molecule has 0 aliphatic carbocycles. The SMILES string of the molecule is COc1ccc(NC(=O)C2CC(=O)N(CCc3ccccc3)C2)c(Cl)c1. The van der Waals surface area contributed by atoms with Crippen LogP contribution in [-0.4, -0.2) is 36.9 Å². The predicted molar refractivity (Wildman–Crippen MR) is 101 cm³/mol. The molecule has 1 saturated heterocycles. The Bertz CT molecular complexity index is 795. The van der Waals surface area contributed by atoms with Gasteiger partial charge in [0.15, 0.2) is 0 Å². The molecule has 0 spiro atoms. The summed E-state index contributed by atoms with van der Waals surface area (Å²) in [6.45, 7) is 1.06. The third kappa shape index (κ3) is 4.35. The molecule has 1 aliphatic heterocycles. The average molecular weight is 373 g/mol. The van der Waals surface area contributed by atoms with Crippen LogP contribution in [0.3, 0.4) is 0 Å². The van der Waals surface area contributed by atoms with E-state index in [0.29, 0.717) is 29.5 Å². The van der Waals surface area contributed by atoms with Gasteiger partial charge in [0.1, 0.15) is 5.75 Å². The van der Waals surface area contributed by atoms with E-state index in [1.54, 1.807) is 30.2 Å². The smallest absolute Gasteiger partial charge is 0.229 e. The van der Waals surface area contributed by atoms with Crippen molar-refractivity contribution in [2.45, 2.75) is 12.8 Å². The number of hydrogen-bond donors (Lipinski definition) is 1. The number of hydrogen-bond acceptors (Lipinski definition) is 3. The molecule has 2 amide bonds. The van der Waals surface area contributed by atoms with E-state index in [-0.39, 0.29) is 24.2 Å². The topological polar surface area (TPSA) is 58.6 Å². The Balaban J connectivity index is 1.56. The second-order valence-electron chi connectivity index (χ2n) is 6.31. The van der Waals surface area contributed by atoms with Gasteiger partial charge < -0.3 is 15.0 Å². The van der Waals surface area contributed by atoms with Gasteiger partial charge in [-0.3, -0.25) is 9.59 Å². The Hall–Kier alpha value is -2.53. The molecule has 0 saturated carbocycles. The first-order valence-corrected chi connectivity index (χ1v) is 8.90. The van der Waals surface area contributed by atoms with Gasteiger partial charge in [0.05, 0.1) is 23.7 Å². The van der Waals surface area contributed by atoms with Crippen molar-refractivity contribution in [3.8, 4) is 5.75 Å². The zero-order chi connectivity index (χ0) is 18.5. The average Bonchev–Trinajstić information content (AvgIpc) is 3.03. The highest BCUT2D eigenvalue weighted by Crippen LogP contribution is 2.28. The molecular weight excluding hydrogens is 352 g/mol. The summed E-state index contributed by atoms with van der Waals surface area (Å²) < 4.78 is 5.10. The minimum Gasteiger partial charge on any atom is -0.497 e. The molecule has 0 bridgehead atoms. The minimum atomic E-state index is -0.364. The second-order valence-corrected chi connectivity index (χ2v) is 6.72. The van der Waals surface area contributed by atoms with Crippen LogP contribution in [0.2, 0.25) is 5.02 Å².